The van der Waals surface area contributed by atoms with Crippen molar-refractivity contribution in [2.75, 3.05) is 0 Å². The van der Waals surface area contributed by atoms with Crippen molar-refractivity contribution in [2.45, 2.75) is 17.3 Å². The van der Waals surface area contributed by atoms with Gasteiger partial charge in [0.1, 0.15) is 5.25 Å². The van der Waals surface area contributed by atoms with E-state index in [1.54, 1.807) is 6.92 Å². The van der Waals surface area contributed by atoms with Gasteiger partial charge in [0, 0.05) is 10.0 Å². The number of hydrogen-bond donors (Lipinski definition) is 2. The first-order chi connectivity index (χ1) is 8.58. The predicted octanol–water partition coefficient (Wildman–Crippen LogP) is 2.80. The number of carbonyl (C=O) groups is 1. The Bertz CT molecular complexity index is 573. The Morgan fingerprint density at radius 1 is 1.50 bits per heavy atom. The number of nitrogens with one attached hydrogen (secondary N) is 1. The number of carboxylic acids is 1. The van der Waals surface area contributed by atoms with E-state index in [1.807, 2.05) is 24.3 Å². The minimum absolute atomic E-state index is 0.427. The van der Waals surface area contributed by atoms with Crippen molar-refractivity contribution in [3.63, 3.8) is 0 Å². The summed E-state index contributed by atoms with van der Waals surface area (Å²) in [6, 6.07) is 7.62. The van der Waals surface area contributed by atoms with Gasteiger partial charge in [-0.2, -0.15) is 0 Å². The maximum atomic E-state index is 10.7. The zero-order valence-corrected chi connectivity index (χ0v) is 11.8. The Kier molecular flexibility index (Phi) is 4.03. The van der Waals surface area contributed by atoms with Crippen LogP contribution in [0.15, 0.2) is 33.9 Å². The molecule has 2 rings (SSSR count). The lowest BCUT2D eigenvalue weighted by Crippen LogP contribution is -2.11. The molecule has 1 aromatic carbocycles. The predicted molar refractivity (Wildman–Crippen MR) is 72.5 cm³/mol. The van der Waals surface area contributed by atoms with Crippen molar-refractivity contribution in [1.82, 2.24) is 15.2 Å². The van der Waals surface area contributed by atoms with Gasteiger partial charge in [-0.05, 0) is 13.0 Å². The van der Waals surface area contributed by atoms with Crippen LogP contribution in [-0.4, -0.2) is 31.5 Å². The van der Waals surface area contributed by atoms with Crippen LogP contribution >= 0.6 is 27.7 Å². The fourth-order valence-corrected chi connectivity index (χ4v) is 2.41. The number of nitrogens with zero attached hydrogens (tertiary/aromatic N) is 2. The van der Waals surface area contributed by atoms with E-state index in [2.05, 4.69) is 31.1 Å². The van der Waals surface area contributed by atoms with Crippen LogP contribution in [-0.2, 0) is 4.79 Å². The lowest BCUT2D eigenvalue weighted by Gasteiger charge is -2.00. The fourth-order valence-electron chi connectivity index (χ4n) is 1.28. The van der Waals surface area contributed by atoms with Gasteiger partial charge in [-0.1, -0.05) is 45.9 Å². The quantitative estimate of drug-likeness (QED) is 0.844. The summed E-state index contributed by atoms with van der Waals surface area (Å²) in [4.78, 5) is 15.0. The molecule has 0 bridgehead atoms. The highest BCUT2D eigenvalue weighted by atomic mass is 79.9. The number of aromatic nitrogens is 3. The van der Waals surface area contributed by atoms with Crippen LogP contribution in [0.2, 0.25) is 0 Å². The summed E-state index contributed by atoms with van der Waals surface area (Å²) < 4.78 is 0.906. The van der Waals surface area contributed by atoms with Crippen molar-refractivity contribution in [3.05, 3.63) is 28.7 Å². The molecular weight excluding hydrogens is 318 g/mol. The molecule has 94 valence electrons. The number of H-pyrrole nitrogens is 1. The molecule has 18 heavy (non-hydrogen) atoms. The highest BCUT2D eigenvalue weighted by Gasteiger charge is 2.16. The molecule has 0 radical (unpaired) electrons. The zero-order valence-electron chi connectivity index (χ0n) is 9.42. The van der Waals surface area contributed by atoms with Gasteiger partial charge in [-0.15, -0.1) is 5.10 Å². The third-order valence-corrected chi connectivity index (χ3v) is 3.86. The summed E-state index contributed by atoms with van der Waals surface area (Å²) in [5.41, 5.74) is 0.889. The Labute approximate surface area is 116 Å². The second-order valence-corrected chi connectivity index (χ2v) is 5.71. The van der Waals surface area contributed by atoms with Gasteiger partial charge in [0.15, 0.2) is 5.82 Å². The first-order valence-corrected chi connectivity index (χ1v) is 6.82. The van der Waals surface area contributed by atoms with Gasteiger partial charge >= 0.3 is 5.97 Å². The number of aromatic amines is 1. The molecule has 0 amide bonds. The highest BCUT2D eigenvalue weighted by molar-refractivity contribution is 9.10. The summed E-state index contributed by atoms with van der Waals surface area (Å²) >= 11 is 4.53. The third kappa shape index (κ3) is 2.91. The zero-order chi connectivity index (χ0) is 13.1. The van der Waals surface area contributed by atoms with Gasteiger partial charge in [-0.3, -0.25) is 9.89 Å². The minimum atomic E-state index is -0.882. The molecule has 0 saturated heterocycles. The summed E-state index contributed by atoms with van der Waals surface area (Å²) in [5, 5.41) is 15.5. The van der Waals surface area contributed by atoms with E-state index in [4.69, 9.17) is 5.11 Å². The third-order valence-electron chi connectivity index (χ3n) is 2.22. The lowest BCUT2D eigenvalue weighted by atomic mass is 10.2. The smallest absolute Gasteiger partial charge is 0.316 e. The topological polar surface area (TPSA) is 78.9 Å². The number of benzene rings is 1. The van der Waals surface area contributed by atoms with Crippen LogP contribution in [0.1, 0.15) is 6.92 Å². The van der Waals surface area contributed by atoms with Crippen molar-refractivity contribution in [1.29, 1.82) is 0 Å². The van der Waals surface area contributed by atoms with Crippen molar-refractivity contribution >= 4 is 33.7 Å². The molecule has 0 spiro atoms. The standard InChI is InChI=1S/C11H10BrN3O2S/c1-6(10(16)17)18-11-13-9(14-15-11)7-4-2-3-5-8(7)12/h2-6H,1H3,(H,16,17)(H,13,14,15)/t6-/m0/s1. The van der Waals surface area contributed by atoms with Crippen LogP contribution in [0.5, 0.6) is 0 Å². The number of hydrogen-bond acceptors (Lipinski definition) is 4. The average molecular weight is 328 g/mol. The molecule has 7 heteroatoms. The van der Waals surface area contributed by atoms with E-state index in [9.17, 15) is 4.79 Å². The molecule has 0 unspecified atom stereocenters. The van der Waals surface area contributed by atoms with Crippen LogP contribution in [0.3, 0.4) is 0 Å². The Hall–Kier alpha value is -1.34. The lowest BCUT2D eigenvalue weighted by molar-refractivity contribution is -0.136. The van der Waals surface area contributed by atoms with E-state index in [0.29, 0.717) is 11.0 Å². The molecule has 5 nitrogen and oxygen atoms in total. The minimum Gasteiger partial charge on any atom is -0.480 e. The van der Waals surface area contributed by atoms with Crippen LogP contribution in [0.4, 0.5) is 0 Å². The fraction of sp³-hybridized carbons (Fsp3) is 0.182. The maximum Gasteiger partial charge on any atom is 0.316 e. The number of halogens is 1. The monoisotopic (exact) mass is 327 g/mol. The molecule has 1 atom stereocenters. The van der Waals surface area contributed by atoms with E-state index >= 15 is 0 Å². The van der Waals surface area contributed by atoms with E-state index in [0.717, 1.165) is 21.8 Å². The van der Waals surface area contributed by atoms with E-state index in [1.165, 1.54) is 0 Å². The number of thioether (sulfide) groups is 1. The van der Waals surface area contributed by atoms with Crippen molar-refractivity contribution in [3.8, 4) is 11.4 Å². The first-order valence-electron chi connectivity index (χ1n) is 5.14. The van der Waals surface area contributed by atoms with E-state index in [-0.39, 0.29) is 0 Å². The average Bonchev–Trinajstić information content (AvgIpc) is 2.77. The van der Waals surface area contributed by atoms with Gasteiger partial charge in [0.05, 0.1) is 0 Å². The summed E-state index contributed by atoms with van der Waals surface area (Å²) in [7, 11) is 0. The Morgan fingerprint density at radius 2 is 2.22 bits per heavy atom. The molecule has 1 aromatic heterocycles. The number of aliphatic carboxylic acids is 1. The summed E-state index contributed by atoms with van der Waals surface area (Å²) in [6.45, 7) is 1.60. The second-order valence-electron chi connectivity index (χ2n) is 3.54. The molecule has 2 N–H and O–H groups in total. The first kappa shape index (κ1) is 13.1. The molecule has 1 heterocycles. The SMILES string of the molecule is C[C@H](Sc1n[nH]c(-c2ccccc2Br)n1)C(=O)O. The molecule has 0 aliphatic carbocycles. The van der Waals surface area contributed by atoms with Crippen LogP contribution < -0.4 is 0 Å². The number of rotatable bonds is 4. The Morgan fingerprint density at radius 3 is 2.89 bits per heavy atom. The van der Waals surface area contributed by atoms with Gasteiger partial charge in [0.2, 0.25) is 5.16 Å². The largest absolute Gasteiger partial charge is 0.480 e. The normalized spacial score (nSPS) is 12.3. The van der Waals surface area contributed by atoms with Gasteiger partial charge in [-0.25, -0.2) is 4.98 Å². The van der Waals surface area contributed by atoms with Gasteiger partial charge < -0.3 is 5.11 Å². The van der Waals surface area contributed by atoms with Crippen LogP contribution in [0.25, 0.3) is 11.4 Å². The highest BCUT2D eigenvalue weighted by Crippen LogP contribution is 2.27. The Balaban J connectivity index is 2.21. The summed E-state index contributed by atoms with van der Waals surface area (Å²) in [5.74, 6) is -0.269. The van der Waals surface area contributed by atoms with Crippen molar-refractivity contribution < 1.29 is 9.90 Å². The molecular formula is C11H10BrN3O2S. The summed E-state index contributed by atoms with van der Waals surface area (Å²) in [6.07, 6.45) is 0. The van der Waals surface area contributed by atoms with Crippen molar-refractivity contribution in [2.24, 2.45) is 0 Å². The molecule has 2 aromatic rings. The van der Waals surface area contributed by atoms with Gasteiger partial charge in [0.25, 0.3) is 0 Å². The van der Waals surface area contributed by atoms with E-state index < -0.39 is 11.2 Å². The molecule has 0 fully saturated rings. The molecule has 0 aliphatic rings. The molecule has 0 aliphatic heterocycles. The number of carboxylic acid groups (broad SMARTS) is 1. The van der Waals surface area contributed by atoms with Crippen LogP contribution in [0, 0.1) is 0 Å². The maximum absolute atomic E-state index is 10.7. The molecule has 0 saturated carbocycles. The second kappa shape index (κ2) is 5.53.